The van der Waals surface area contributed by atoms with Gasteiger partial charge in [-0.25, -0.2) is 0 Å². The fraction of sp³-hybridized carbons (Fsp3) is 0.200. The van der Waals surface area contributed by atoms with Crippen molar-refractivity contribution in [3.05, 3.63) is 57.7 Å². The van der Waals surface area contributed by atoms with E-state index in [4.69, 9.17) is 5.73 Å². The van der Waals surface area contributed by atoms with Gasteiger partial charge < -0.3 is 11.1 Å². The molecular formula is C15H17IN2. The lowest BCUT2D eigenvalue weighted by Gasteiger charge is -2.20. The summed E-state index contributed by atoms with van der Waals surface area (Å²) in [5, 5.41) is 3.51. The minimum Gasteiger partial charge on any atom is -0.397 e. The maximum Gasteiger partial charge on any atom is 0.0579 e. The molecule has 2 nitrogen and oxygen atoms in total. The Labute approximate surface area is 122 Å². The Morgan fingerprint density at radius 3 is 2.50 bits per heavy atom. The standard InChI is InChI=1S/C15H17IN2/c1-2-14(11-6-4-3-5-7-11)18-15-9-8-12(16)10-13(15)17/h3-10,14,18H,2,17H2,1H3. The van der Waals surface area contributed by atoms with Gasteiger partial charge in [-0.15, -0.1) is 0 Å². The number of halogens is 1. The Bertz CT molecular complexity index is 511. The van der Waals surface area contributed by atoms with Gasteiger partial charge in [-0.3, -0.25) is 0 Å². The van der Waals surface area contributed by atoms with Gasteiger partial charge in [0.25, 0.3) is 0 Å². The number of hydrogen-bond acceptors (Lipinski definition) is 2. The number of hydrogen-bond donors (Lipinski definition) is 2. The van der Waals surface area contributed by atoms with Crippen LogP contribution in [0.4, 0.5) is 11.4 Å². The summed E-state index contributed by atoms with van der Waals surface area (Å²) in [7, 11) is 0. The molecular weight excluding hydrogens is 335 g/mol. The smallest absolute Gasteiger partial charge is 0.0579 e. The van der Waals surface area contributed by atoms with E-state index >= 15 is 0 Å². The summed E-state index contributed by atoms with van der Waals surface area (Å²) < 4.78 is 1.16. The fourth-order valence-electron chi connectivity index (χ4n) is 1.96. The molecule has 0 saturated heterocycles. The highest BCUT2D eigenvalue weighted by Gasteiger charge is 2.10. The quantitative estimate of drug-likeness (QED) is 0.631. The minimum absolute atomic E-state index is 0.300. The second-order valence-corrected chi connectivity index (χ2v) is 5.49. The normalized spacial score (nSPS) is 12.1. The van der Waals surface area contributed by atoms with Crippen molar-refractivity contribution in [3.8, 4) is 0 Å². The molecule has 0 heterocycles. The topological polar surface area (TPSA) is 38.0 Å². The Kier molecular flexibility index (Phi) is 4.47. The van der Waals surface area contributed by atoms with Crippen LogP contribution in [0.15, 0.2) is 48.5 Å². The highest BCUT2D eigenvalue weighted by Crippen LogP contribution is 2.27. The predicted octanol–water partition coefficient (Wildman–Crippen LogP) is 4.44. The Hall–Kier alpha value is -1.23. The average molecular weight is 352 g/mol. The van der Waals surface area contributed by atoms with Crippen LogP contribution in [0, 0.1) is 3.57 Å². The van der Waals surface area contributed by atoms with Crippen LogP contribution in [0.2, 0.25) is 0 Å². The Balaban J connectivity index is 2.21. The van der Waals surface area contributed by atoms with E-state index in [0.29, 0.717) is 6.04 Å². The molecule has 1 unspecified atom stereocenters. The van der Waals surface area contributed by atoms with Crippen LogP contribution in [-0.4, -0.2) is 0 Å². The Morgan fingerprint density at radius 1 is 1.17 bits per heavy atom. The molecule has 0 aliphatic heterocycles. The molecule has 3 heteroatoms. The molecule has 94 valence electrons. The van der Waals surface area contributed by atoms with Crippen LogP contribution in [0.5, 0.6) is 0 Å². The summed E-state index contributed by atoms with van der Waals surface area (Å²) >= 11 is 2.27. The maximum absolute atomic E-state index is 6.04. The van der Waals surface area contributed by atoms with Gasteiger partial charge in [0.15, 0.2) is 0 Å². The zero-order chi connectivity index (χ0) is 13.0. The highest BCUT2D eigenvalue weighted by molar-refractivity contribution is 14.1. The summed E-state index contributed by atoms with van der Waals surface area (Å²) in [5.74, 6) is 0. The van der Waals surface area contributed by atoms with E-state index in [1.165, 1.54) is 5.56 Å². The third kappa shape index (κ3) is 3.16. The van der Waals surface area contributed by atoms with Crippen LogP contribution in [0.1, 0.15) is 24.9 Å². The second kappa shape index (κ2) is 6.09. The molecule has 18 heavy (non-hydrogen) atoms. The number of nitrogens with one attached hydrogen (secondary N) is 1. The van der Waals surface area contributed by atoms with Crippen LogP contribution in [0.25, 0.3) is 0 Å². The van der Waals surface area contributed by atoms with Crippen molar-refractivity contribution in [3.63, 3.8) is 0 Å². The monoisotopic (exact) mass is 352 g/mol. The summed E-state index contributed by atoms with van der Waals surface area (Å²) in [5.41, 5.74) is 9.13. The largest absolute Gasteiger partial charge is 0.397 e. The molecule has 0 aliphatic rings. The fourth-order valence-corrected chi connectivity index (χ4v) is 2.47. The molecule has 2 rings (SSSR count). The predicted molar refractivity (Wildman–Crippen MR) is 86.7 cm³/mol. The van der Waals surface area contributed by atoms with E-state index in [1.807, 2.05) is 18.2 Å². The van der Waals surface area contributed by atoms with Crippen molar-refractivity contribution >= 4 is 34.0 Å². The molecule has 0 bridgehead atoms. The van der Waals surface area contributed by atoms with E-state index in [0.717, 1.165) is 21.4 Å². The Morgan fingerprint density at radius 2 is 1.89 bits per heavy atom. The minimum atomic E-state index is 0.300. The van der Waals surface area contributed by atoms with E-state index < -0.39 is 0 Å². The summed E-state index contributed by atoms with van der Waals surface area (Å²) in [4.78, 5) is 0. The second-order valence-electron chi connectivity index (χ2n) is 4.25. The summed E-state index contributed by atoms with van der Waals surface area (Å²) in [6.45, 7) is 2.17. The first-order valence-corrected chi connectivity index (χ1v) is 7.15. The van der Waals surface area contributed by atoms with E-state index in [9.17, 15) is 0 Å². The van der Waals surface area contributed by atoms with Crippen LogP contribution >= 0.6 is 22.6 Å². The van der Waals surface area contributed by atoms with Crippen LogP contribution in [0.3, 0.4) is 0 Å². The lowest BCUT2D eigenvalue weighted by molar-refractivity contribution is 0.750. The number of rotatable bonds is 4. The van der Waals surface area contributed by atoms with Crippen LogP contribution < -0.4 is 11.1 Å². The van der Waals surface area contributed by atoms with Gasteiger partial charge in [-0.1, -0.05) is 37.3 Å². The van der Waals surface area contributed by atoms with Gasteiger partial charge in [-0.2, -0.15) is 0 Å². The van der Waals surface area contributed by atoms with Crippen molar-refractivity contribution in [1.82, 2.24) is 0 Å². The highest BCUT2D eigenvalue weighted by atomic mass is 127. The van der Waals surface area contributed by atoms with E-state index in [-0.39, 0.29) is 0 Å². The number of anilines is 2. The first-order chi connectivity index (χ1) is 8.70. The number of benzene rings is 2. The van der Waals surface area contributed by atoms with Crippen molar-refractivity contribution in [2.75, 3.05) is 11.1 Å². The maximum atomic E-state index is 6.04. The molecule has 0 aliphatic carbocycles. The van der Waals surface area contributed by atoms with Crippen molar-refractivity contribution < 1.29 is 0 Å². The van der Waals surface area contributed by atoms with Gasteiger partial charge in [0.2, 0.25) is 0 Å². The van der Waals surface area contributed by atoms with Gasteiger partial charge >= 0.3 is 0 Å². The zero-order valence-corrected chi connectivity index (χ0v) is 12.5. The summed E-state index contributed by atoms with van der Waals surface area (Å²) in [6, 6.07) is 16.9. The molecule has 0 spiro atoms. The SMILES string of the molecule is CCC(Nc1ccc(I)cc1N)c1ccccc1. The molecule has 0 saturated carbocycles. The molecule has 0 radical (unpaired) electrons. The third-order valence-corrected chi connectivity index (χ3v) is 3.62. The molecule has 2 aromatic carbocycles. The van der Waals surface area contributed by atoms with Crippen LogP contribution in [-0.2, 0) is 0 Å². The first-order valence-electron chi connectivity index (χ1n) is 6.07. The van der Waals surface area contributed by atoms with Crippen molar-refractivity contribution in [2.45, 2.75) is 19.4 Å². The molecule has 3 N–H and O–H groups in total. The van der Waals surface area contributed by atoms with Gasteiger partial charge in [0.1, 0.15) is 0 Å². The van der Waals surface area contributed by atoms with Gasteiger partial charge in [0.05, 0.1) is 17.4 Å². The average Bonchev–Trinajstić information content (AvgIpc) is 2.39. The van der Waals surface area contributed by atoms with E-state index in [1.54, 1.807) is 0 Å². The lowest BCUT2D eigenvalue weighted by atomic mass is 10.0. The van der Waals surface area contributed by atoms with Crippen molar-refractivity contribution in [1.29, 1.82) is 0 Å². The first kappa shape index (κ1) is 13.2. The molecule has 1 atom stereocenters. The molecule has 0 aromatic heterocycles. The van der Waals surface area contributed by atoms with E-state index in [2.05, 4.69) is 65.2 Å². The lowest BCUT2D eigenvalue weighted by Crippen LogP contribution is -2.11. The molecule has 2 aromatic rings. The molecule has 0 fully saturated rings. The third-order valence-electron chi connectivity index (χ3n) is 2.95. The van der Waals surface area contributed by atoms with Gasteiger partial charge in [-0.05, 0) is 52.8 Å². The molecule has 0 amide bonds. The van der Waals surface area contributed by atoms with Crippen molar-refractivity contribution in [2.24, 2.45) is 0 Å². The summed E-state index contributed by atoms with van der Waals surface area (Å²) in [6.07, 6.45) is 1.02. The zero-order valence-electron chi connectivity index (χ0n) is 10.4. The van der Waals surface area contributed by atoms with Gasteiger partial charge in [0, 0.05) is 3.57 Å². The number of nitrogens with two attached hydrogens (primary N) is 1. The number of nitrogen functional groups attached to an aromatic ring is 1.